The third-order valence-corrected chi connectivity index (χ3v) is 14.4. The Morgan fingerprint density at radius 1 is 0.343 bits per heavy atom. The normalized spacial score (nSPS) is 13.6. The Hall–Kier alpha value is -8.34. The molecule has 1 aliphatic carbocycles. The fourth-order valence-corrected chi connectivity index (χ4v) is 11.3. The lowest BCUT2D eigenvalue weighted by molar-refractivity contribution is 0.661. The third-order valence-electron chi connectivity index (χ3n) is 14.4. The van der Waals surface area contributed by atoms with Crippen LogP contribution in [0.25, 0.3) is 33.4 Å². The first-order chi connectivity index (χ1) is 33.0. The van der Waals surface area contributed by atoms with Gasteiger partial charge in [0.1, 0.15) is 0 Å². The van der Waals surface area contributed by atoms with Crippen molar-refractivity contribution in [2.45, 2.75) is 19.3 Å². The van der Waals surface area contributed by atoms with Crippen molar-refractivity contribution in [2.24, 2.45) is 0 Å². The van der Waals surface area contributed by atoms with Crippen LogP contribution in [0, 0.1) is 0 Å². The zero-order chi connectivity index (χ0) is 44.6. The zero-order valence-electron chi connectivity index (χ0n) is 37.5. The van der Waals surface area contributed by atoms with Crippen LogP contribution in [-0.4, -0.2) is 6.71 Å². The van der Waals surface area contributed by atoms with E-state index >= 15 is 0 Å². The SMILES string of the molecule is CC1(C)c2cc(N(c3ccccc3)c3ccccc3)ccc2-c2cc3c(cc21)B1c2ccc(-c4ccccc4)cc2N(c2cccc(-c4ccccc4)c2)c2cccc(c21)N3c1ccccc1. The van der Waals surface area contributed by atoms with Crippen LogP contribution in [0.2, 0.25) is 0 Å². The average Bonchev–Trinajstić information content (AvgIpc) is 3.61. The molecule has 0 amide bonds. The van der Waals surface area contributed by atoms with Gasteiger partial charge in [0.05, 0.1) is 0 Å². The third kappa shape index (κ3) is 6.21. The molecule has 10 aromatic rings. The number of benzene rings is 10. The van der Waals surface area contributed by atoms with E-state index in [4.69, 9.17) is 0 Å². The molecule has 316 valence electrons. The number of anilines is 9. The lowest BCUT2D eigenvalue weighted by Crippen LogP contribution is -2.61. The topological polar surface area (TPSA) is 9.72 Å². The van der Waals surface area contributed by atoms with Crippen LogP contribution in [-0.2, 0) is 5.41 Å². The average molecular weight is 856 g/mol. The highest BCUT2D eigenvalue weighted by Crippen LogP contribution is 2.53. The highest BCUT2D eigenvalue weighted by Gasteiger charge is 2.46. The van der Waals surface area contributed by atoms with Crippen molar-refractivity contribution >= 4 is 74.3 Å². The first kappa shape index (κ1) is 39.1. The van der Waals surface area contributed by atoms with Gasteiger partial charge in [-0.05, 0) is 146 Å². The van der Waals surface area contributed by atoms with Crippen LogP contribution in [0.3, 0.4) is 0 Å². The van der Waals surface area contributed by atoms with Gasteiger partial charge in [0.2, 0.25) is 0 Å². The summed E-state index contributed by atoms with van der Waals surface area (Å²) < 4.78 is 0. The van der Waals surface area contributed by atoms with Crippen molar-refractivity contribution < 1.29 is 0 Å². The molecular weight excluding hydrogens is 810 g/mol. The first-order valence-corrected chi connectivity index (χ1v) is 23.4. The Kier molecular flexibility index (Phi) is 8.98. The van der Waals surface area contributed by atoms with Gasteiger partial charge in [0.15, 0.2) is 0 Å². The highest BCUT2D eigenvalue weighted by atomic mass is 15.2. The van der Waals surface area contributed by atoms with Crippen molar-refractivity contribution in [1.82, 2.24) is 0 Å². The Morgan fingerprint density at radius 2 is 0.851 bits per heavy atom. The molecule has 0 atom stereocenters. The molecule has 2 heterocycles. The van der Waals surface area contributed by atoms with Crippen LogP contribution in [0.1, 0.15) is 25.0 Å². The smallest absolute Gasteiger partial charge is 0.252 e. The molecule has 3 aliphatic rings. The molecule has 13 rings (SSSR count). The first-order valence-electron chi connectivity index (χ1n) is 23.4. The molecule has 0 radical (unpaired) electrons. The van der Waals surface area contributed by atoms with Crippen LogP contribution in [0.15, 0.2) is 243 Å². The lowest BCUT2D eigenvalue weighted by atomic mass is 9.33. The highest BCUT2D eigenvalue weighted by molar-refractivity contribution is 7.00. The number of hydrogen-bond acceptors (Lipinski definition) is 3. The van der Waals surface area contributed by atoms with E-state index in [-0.39, 0.29) is 12.1 Å². The summed E-state index contributed by atoms with van der Waals surface area (Å²) in [7, 11) is 0. The largest absolute Gasteiger partial charge is 0.311 e. The van der Waals surface area contributed by atoms with Crippen LogP contribution < -0.4 is 31.1 Å². The van der Waals surface area contributed by atoms with Gasteiger partial charge in [-0.15, -0.1) is 0 Å². The zero-order valence-corrected chi connectivity index (χ0v) is 37.5. The fourth-order valence-electron chi connectivity index (χ4n) is 11.3. The second kappa shape index (κ2) is 15.4. The van der Waals surface area contributed by atoms with Crippen molar-refractivity contribution in [3.8, 4) is 33.4 Å². The van der Waals surface area contributed by atoms with E-state index in [0.717, 1.165) is 28.4 Å². The predicted octanol–water partition coefficient (Wildman–Crippen LogP) is 14.9. The van der Waals surface area contributed by atoms with Gasteiger partial charge < -0.3 is 14.7 Å². The van der Waals surface area contributed by atoms with E-state index in [1.54, 1.807) is 0 Å². The summed E-state index contributed by atoms with van der Waals surface area (Å²) in [5, 5.41) is 0. The van der Waals surface area contributed by atoms with E-state index < -0.39 is 0 Å². The number of fused-ring (bicyclic) bond motifs is 7. The molecule has 0 saturated heterocycles. The fraction of sp³-hybridized carbons (Fsp3) is 0.0476. The number of nitrogens with zero attached hydrogens (tertiary/aromatic N) is 3. The van der Waals surface area contributed by atoms with Crippen molar-refractivity contribution in [3.63, 3.8) is 0 Å². The van der Waals surface area contributed by atoms with Crippen LogP contribution in [0.4, 0.5) is 51.2 Å². The Morgan fingerprint density at radius 3 is 1.49 bits per heavy atom. The quantitative estimate of drug-likeness (QED) is 0.148. The van der Waals surface area contributed by atoms with E-state index in [2.05, 4.69) is 271 Å². The summed E-state index contributed by atoms with van der Waals surface area (Å²) in [6, 6.07) is 89.4. The lowest BCUT2D eigenvalue weighted by Gasteiger charge is -2.44. The molecule has 0 N–H and O–H groups in total. The minimum atomic E-state index is -0.273. The maximum absolute atomic E-state index is 2.58. The monoisotopic (exact) mass is 855 g/mol. The van der Waals surface area contributed by atoms with Crippen molar-refractivity contribution in [2.75, 3.05) is 14.7 Å². The van der Waals surface area contributed by atoms with Crippen LogP contribution >= 0.6 is 0 Å². The number of rotatable bonds is 7. The van der Waals surface area contributed by atoms with Gasteiger partial charge in [0.25, 0.3) is 6.71 Å². The second-order valence-corrected chi connectivity index (χ2v) is 18.5. The molecular formula is C63H46BN3. The standard InChI is InChI=1S/C63H46BN3/c1-63(2)54-40-51(65(47-25-12-5-13-26-47)48-27-14-6-15-28-48)35-36-52(54)53-41-61-57(42-55(53)63)64-56-37-34-46(44-22-10-4-11-23-44)39-60(56)67(50-31-18-24-45(38-50)43-20-8-3-9-21-43)59-33-19-32-58(62(59)64)66(61)49-29-16-7-17-30-49/h3-42H,1-2H3. The second-order valence-electron chi connectivity index (χ2n) is 18.5. The minimum Gasteiger partial charge on any atom is -0.311 e. The van der Waals surface area contributed by atoms with Gasteiger partial charge in [-0.25, -0.2) is 0 Å². The molecule has 2 aliphatic heterocycles. The van der Waals surface area contributed by atoms with Gasteiger partial charge in [-0.1, -0.05) is 172 Å². The van der Waals surface area contributed by atoms with Crippen molar-refractivity contribution in [3.05, 3.63) is 254 Å². The van der Waals surface area contributed by atoms with E-state index in [1.807, 2.05) is 0 Å². The molecule has 0 unspecified atom stereocenters. The molecule has 0 fully saturated rings. The summed E-state index contributed by atoms with van der Waals surface area (Å²) in [5.41, 5.74) is 24.3. The summed E-state index contributed by atoms with van der Waals surface area (Å²) in [4.78, 5) is 7.43. The maximum atomic E-state index is 2.58. The number of para-hydroxylation sites is 3. The Balaban J connectivity index is 1.04. The maximum Gasteiger partial charge on any atom is 0.252 e. The molecule has 0 saturated carbocycles. The van der Waals surface area contributed by atoms with Gasteiger partial charge in [0, 0.05) is 56.6 Å². The minimum absolute atomic E-state index is 0.0124. The molecule has 3 nitrogen and oxygen atoms in total. The molecule has 10 aromatic carbocycles. The molecule has 0 spiro atoms. The van der Waals surface area contributed by atoms with Gasteiger partial charge >= 0.3 is 0 Å². The molecule has 67 heavy (non-hydrogen) atoms. The summed E-state index contributed by atoms with van der Waals surface area (Å²) >= 11 is 0. The number of hydrogen-bond donors (Lipinski definition) is 0. The predicted molar refractivity (Wildman–Crippen MR) is 284 cm³/mol. The van der Waals surface area contributed by atoms with Crippen molar-refractivity contribution in [1.29, 1.82) is 0 Å². The summed E-state index contributed by atoms with van der Waals surface area (Å²) in [6.45, 7) is 4.83. The Labute approximate surface area is 393 Å². The van der Waals surface area contributed by atoms with E-state index in [1.165, 1.54) is 83.6 Å². The summed E-state index contributed by atoms with van der Waals surface area (Å²) in [6.07, 6.45) is 0. The van der Waals surface area contributed by atoms with Gasteiger partial charge in [-0.3, -0.25) is 0 Å². The van der Waals surface area contributed by atoms with Crippen LogP contribution in [0.5, 0.6) is 0 Å². The van der Waals surface area contributed by atoms with E-state index in [0.29, 0.717) is 0 Å². The summed E-state index contributed by atoms with van der Waals surface area (Å²) in [5.74, 6) is 0. The molecule has 0 aromatic heterocycles. The Bertz CT molecular complexity index is 3460. The molecule has 0 bridgehead atoms. The molecule has 4 heteroatoms. The van der Waals surface area contributed by atoms with Gasteiger partial charge in [-0.2, -0.15) is 0 Å². The van der Waals surface area contributed by atoms with E-state index in [9.17, 15) is 0 Å².